The minimum atomic E-state index is -1.09. The highest BCUT2D eigenvalue weighted by molar-refractivity contribution is 7.23. The number of benzene rings is 1. The molecule has 0 fully saturated rings. The second-order valence-electron chi connectivity index (χ2n) is 3.38. The van der Waals surface area contributed by atoms with Gasteiger partial charge in [0, 0.05) is 0 Å². The van der Waals surface area contributed by atoms with Crippen molar-refractivity contribution in [2.45, 2.75) is 0 Å². The average Bonchev–Trinajstić information content (AvgIpc) is 2.85. The third-order valence-electron chi connectivity index (χ3n) is 2.43. The predicted octanol–water partition coefficient (Wildman–Crippen LogP) is 1.65. The van der Waals surface area contributed by atoms with Gasteiger partial charge in [-0.3, -0.25) is 4.40 Å². The minimum Gasteiger partial charge on any atom is -0.497 e. The molecule has 0 atom stereocenters. The highest BCUT2D eigenvalue weighted by atomic mass is 32.1. The number of carboxylic acid groups (broad SMARTS) is 1. The van der Waals surface area contributed by atoms with Crippen molar-refractivity contribution in [1.29, 1.82) is 0 Å². The summed E-state index contributed by atoms with van der Waals surface area (Å²) in [5.74, 6) is -0.434. The lowest BCUT2D eigenvalue weighted by molar-refractivity contribution is 0.0682. The average molecular weight is 249 g/mol. The van der Waals surface area contributed by atoms with Gasteiger partial charge in [-0.1, -0.05) is 11.3 Å². The number of fused-ring (bicyclic) bond motifs is 3. The van der Waals surface area contributed by atoms with Crippen molar-refractivity contribution < 1.29 is 14.6 Å². The van der Waals surface area contributed by atoms with E-state index >= 15 is 0 Å². The van der Waals surface area contributed by atoms with E-state index in [1.807, 2.05) is 6.07 Å². The number of aromatic carboxylic acids is 1. The lowest BCUT2D eigenvalue weighted by atomic mass is 10.3. The van der Waals surface area contributed by atoms with Crippen molar-refractivity contribution in [2.75, 3.05) is 7.11 Å². The molecule has 0 saturated carbocycles. The molecule has 7 heteroatoms. The number of nitrogens with zero attached hydrogens (tertiary/aromatic N) is 3. The zero-order valence-electron chi connectivity index (χ0n) is 8.75. The van der Waals surface area contributed by atoms with Crippen LogP contribution in [0.3, 0.4) is 0 Å². The highest BCUT2D eigenvalue weighted by Gasteiger charge is 2.17. The topological polar surface area (TPSA) is 76.7 Å². The van der Waals surface area contributed by atoms with Gasteiger partial charge in [0.2, 0.25) is 10.8 Å². The van der Waals surface area contributed by atoms with E-state index in [1.54, 1.807) is 19.2 Å². The molecule has 0 unspecified atom stereocenters. The summed E-state index contributed by atoms with van der Waals surface area (Å²) in [5, 5.41) is 16.5. The summed E-state index contributed by atoms with van der Waals surface area (Å²) in [6, 6.07) is 5.42. The Bertz CT molecular complexity index is 731. The molecule has 3 aromatic rings. The van der Waals surface area contributed by atoms with E-state index in [2.05, 4.69) is 10.2 Å². The van der Waals surface area contributed by atoms with E-state index < -0.39 is 5.97 Å². The molecule has 0 radical (unpaired) electrons. The van der Waals surface area contributed by atoms with E-state index in [0.717, 1.165) is 16.0 Å². The van der Waals surface area contributed by atoms with Crippen LogP contribution in [0.15, 0.2) is 18.2 Å². The van der Waals surface area contributed by atoms with Gasteiger partial charge in [-0.25, -0.2) is 4.79 Å². The molecule has 1 aromatic carbocycles. The first kappa shape index (κ1) is 10.0. The Labute approximate surface area is 99.1 Å². The van der Waals surface area contributed by atoms with Gasteiger partial charge in [-0.2, -0.15) is 0 Å². The Morgan fingerprint density at radius 2 is 2.29 bits per heavy atom. The zero-order valence-corrected chi connectivity index (χ0v) is 9.56. The Hall–Kier alpha value is -2.15. The molecule has 0 aliphatic carbocycles. The van der Waals surface area contributed by atoms with Crippen LogP contribution in [0.5, 0.6) is 5.75 Å². The van der Waals surface area contributed by atoms with Gasteiger partial charge in [-0.05, 0) is 18.2 Å². The maximum atomic E-state index is 11.0. The van der Waals surface area contributed by atoms with Gasteiger partial charge in [0.1, 0.15) is 5.75 Å². The van der Waals surface area contributed by atoms with E-state index in [-0.39, 0.29) is 5.82 Å². The van der Waals surface area contributed by atoms with Crippen molar-refractivity contribution >= 4 is 32.5 Å². The highest BCUT2D eigenvalue weighted by Crippen LogP contribution is 2.29. The second kappa shape index (κ2) is 3.42. The van der Waals surface area contributed by atoms with E-state index in [1.165, 1.54) is 15.7 Å². The van der Waals surface area contributed by atoms with Crippen molar-refractivity contribution in [1.82, 2.24) is 14.6 Å². The van der Waals surface area contributed by atoms with Crippen LogP contribution in [0.2, 0.25) is 0 Å². The molecule has 0 spiro atoms. The molecule has 0 saturated heterocycles. The van der Waals surface area contributed by atoms with Crippen molar-refractivity contribution in [2.24, 2.45) is 0 Å². The molecule has 86 valence electrons. The largest absolute Gasteiger partial charge is 0.497 e. The summed E-state index contributed by atoms with van der Waals surface area (Å²) in [6.07, 6.45) is 0. The molecule has 0 aliphatic heterocycles. The van der Waals surface area contributed by atoms with Gasteiger partial charge in [0.05, 0.1) is 17.3 Å². The van der Waals surface area contributed by atoms with Crippen molar-refractivity contribution in [3.05, 3.63) is 24.0 Å². The molecule has 17 heavy (non-hydrogen) atoms. The molecule has 1 N–H and O–H groups in total. The number of methoxy groups -OCH3 is 1. The summed E-state index contributed by atoms with van der Waals surface area (Å²) in [7, 11) is 1.59. The third-order valence-corrected chi connectivity index (χ3v) is 3.43. The maximum Gasteiger partial charge on any atom is 0.374 e. The van der Waals surface area contributed by atoms with Gasteiger partial charge >= 0.3 is 5.97 Å². The molecular formula is C10H7N3O3S. The van der Waals surface area contributed by atoms with Gasteiger partial charge < -0.3 is 9.84 Å². The fourth-order valence-corrected chi connectivity index (χ4v) is 2.67. The van der Waals surface area contributed by atoms with Crippen LogP contribution in [0.4, 0.5) is 0 Å². The summed E-state index contributed by atoms with van der Waals surface area (Å²) < 4.78 is 7.56. The monoisotopic (exact) mass is 249 g/mol. The molecule has 2 aromatic heterocycles. The number of ether oxygens (including phenoxy) is 1. The summed E-state index contributed by atoms with van der Waals surface area (Å²) in [6.45, 7) is 0. The van der Waals surface area contributed by atoms with Crippen LogP contribution in [-0.2, 0) is 0 Å². The molecular weight excluding hydrogens is 242 g/mol. The smallest absolute Gasteiger partial charge is 0.374 e. The predicted molar refractivity (Wildman–Crippen MR) is 61.9 cm³/mol. The summed E-state index contributed by atoms with van der Waals surface area (Å²) in [5.41, 5.74) is 0.771. The van der Waals surface area contributed by atoms with Crippen molar-refractivity contribution in [3.8, 4) is 5.75 Å². The number of carboxylic acids is 1. The molecule has 6 nitrogen and oxygen atoms in total. The number of hydrogen-bond donors (Lipinski definition) is 1. The van der Waals surface area contributed by atoms with Gasteiger partial charge in [0.15, 0.2) is 0 Å². The van der Waals surface area contributed by atoms with Gasteiger partial charge in [0.25, 0.3) is 0 Å². The molecule has 3 rings (SSSR count). The fourth-order valence-electron chi connectivity index (χ4n) is 1.68. The Kier molecular flexibility index (Phi) is 2.02. The Morgan fingerprint density at radius 3 is 3.00 bits per heavy atom. The molecule has 0 aliphatic rings. The third kappa shape index (κ3) is 1.36. The Balaban J connectivity index is 2.40. The second-order valence-corrected chi connectivity index (χ2v) is 4.39. The van der Waals surface area contributed by atoms with Gasteiger partial charge in [-0.15, -0.1) is 10.2 Å². The first-order valence-electron chi connectivity index (χ1n) is 4.75. The zero-order chi connectivity index (χ0) is 12.0. The lowest BCUT2D eigenvalue weighted by Crippen LogP contribution is -2.02. The first-order valence-corrected chi connectivity index (χ1v) is 5.57. The number of thiazole rings is 1. The van der Waals surface area contributed by atoms with Crippen LogP contribution >= 0.6 is 11.3 Å². The SMILES string of the molecule is COc1ccc2c(c1)sc1nnc(C(=O)O)n12. The molecule has 0 amide bonds. The van der Waals surface area contributed by atoms with Crippen LogP contribution < -0.4 is 4.74 Å². The quantitative estimate of drug-likeness (QED) is 0.747. The van der Waals surface area contributed by atoms with Crippen LogP contribution in [0.1, 0.15) is 10.6 Å². The molecule has 2 heterocycles. The normalized spacial score (nSPS) is 11.1. The summed E-state index contributed by atoms with van der Waals surface area (Å²) in [4.78, 5) is 11.6. The standard InChI is InChI=1S/C10H7N3O3S/c1-16-5-2-3-6-7(4-5)17-10-12-11-8(9(14)15)13(6)10/h2-4H,1H3,(H,14,15). The minimum absolute atomic E-state index is 0.0728. The van der Waals surface area contributed by atoms with E-state index in [4.69, 9.17) is 9.84 Å². The number of hydrogen-bond acceptors (Lipinski definition) is 5. The van der Waals surface area contributed by atoms with Crippen LogP contribution in [0.25, 0.3) is 15.2 Å². The lowest BCUT2D eigenvalue weighted by Gasteiger charge is -1.98. The number of rotatable bonds is 2. The van der Waals surface area contributed by atoms with Crippen molar-refractivity contribution in [3.63, 3.8) is 0 Å². The number of carbonyl (C=O) groups is 1. The van der Waals surface area contributed by atoms with Crippen LogP contribution in [-0.4, -0.2) is 32.8 Å². The molecule has 0 bridgehead atoms. The fraction of sp³-hybridized carbons (Fsp3) is 0.100. The van der Waals surface area contributed by atoms with E-state index in [9.17, 15) is 4.79 Å². The summed E-state index contributed by atoms with van der Waals surface area (Å²) >= 11 is 1.38. The maximum absolute atomic E-state index is 11.0. The Morgan fingerprint density at radius 1 is 1.47 bits per heavy atom. The number of aromatic nitrogens is 3. The van der Waals surface area contributed by atoms with E-state index in [0.29, 0.717) is 4.96 Å². The first-order chi connectivity index (χ1) is 8.20. The van der Waals surface area contributed by atoms with Crippen LogP contribution in [0, 0.1) is 0 Å².